The van der Waals surface area contributed by atoms with E-state index < -0.39 is 0 Å². The molecule has 0 aromatic carbocycles. The van der Waals surface area contributed by atoms with E-state index >= 15 is 0 Å². The summed E-state index contributed by atoms with van der Waals surface area (Å²) >= 11 is 0. The van der Waals surface area contributed by atoms with Gasteiger partial charge in [0.15, 0.2) is 0 Å². The Morgan fingerprint density at radius 3 is 2.80 bits per heavy atom. The molecule has 3 nitrogen and oxygen atoms in total. The summed E-state index contributed by atoms with van der Waals surface area (Å²) in [6.07, 6.45) is 5.06. The summed E-state index contributed by atoms with van der Waals surface area (Å²) in [6, 6.07) is 3.79. The minimum absolute atomic E-state index is 0.0122. The Hall–Kier alpha value is -1.64. The van der Waals surface area contributed by atoms with E-state index in [4.69, 9.17) is 0 Å². The lowest BCUT2D eigenvalue weighted by atomic mass is 10.1. The maximum Gasteiger partial charge on any atom is 0.244 e. The van der Waals surface area contributed by atoms with Crippen LogP contribution in [0.3, 0.4) is 0 Å². The number of carbonyl (C=O) groups excluding carboxylic acids is 1. The molecule has 0 bridgehead atoms. The molecule has 0 aliphatic carbocycles. The van der Waals surface area contributed by atoms with Crippen LogP contribution in [0, 0.1) is 0 Å². The van der Waals surface area contributed by atoms with Gasteiger partial charge in [0.25, 0.3) is 0 Å². The molecule has 1 heterocycles. The van der Waals surface area contributed by atoms with Crippen LogP contribution in [0.4, 0.5) is 0 Å². The Bertz CT molecular complexity index is 353. The first kappa shape index (κ1) is 11.4. The van der Waals surface area contributed by atoms with Crippen molar-refractivity contribution in [2.24, 2.45) is 0 Å². The highest BCUT2D eigenvalue weighted by Crippen LogP contribution is 2.09. The molecule has 0 aliphatic heterocycles. The Morgan fingerprint density at radius 1 is 1.53 bits per heavy atom. The molecule has 1 aromatic rings. The maximum absolute atomic E-state index is 11.4. The first-order valence-electron chi connectivity index (χ1n) is 4.95. The summed E-state index contributed by atoms with van der Waals surface area (Å²) in [7, 11) is 0. The average Bonchev–Trinajstić information content (AvgIpc) is 2.17. The average molecular weight is 204 g/mol. The highest BCUT2D eigenvalue weighted by atomic mass is 16.1. The van der Waals surface area contributed by atoms with Crippen molar-refractivity contribution in [3.8, 4) is 0 Å². The number of rotatable bonds is 3. The van der Waals surface area contributed by atoms with Gasteiger partial charge in [-0.25, -0.2) is 0 Å². The molecule has 1 aromatic heterocycles. The first-order chi connectivity index (χ1) is 7.09. The van der Waals surface area contributed by atoms with Gasteiger partial charge < -0.3 is 5.32 Å². The summed E-state index contributed by atoms with van der Waals surface area (Å²) < 4.78 is 0. The smallest absolute Gasteiger partial charge is 0.244 e. The lowest BCUT2D eigenvalue weighted by Gasteiger charge is -2.12. The molecule has 1 rings (SSSR count). The third-order valence-electron chi connectivity index (χ3n) is 1.96. The summed E-state index contributed by atoms with van der Waals surface area (Å²) in [5, 5.41) is 2.87. The topological polar surface area (TPSA) is 42.0 Å². The van der Waals surface area contributed by atoms with Gasteiger partial charge >= 0.3 is 0 Å². The number of pyridine rings is 1. The van der Waals surface area contributed by atoms with Gasteiger partial charge in [0.2, 0.25) is 5.91 Å². The number of carbonyl (C=O) groups is 1. The summed E-state index contributed by atoms with van der Waals surface area (Å²) in [6.45, 7) is 5.73. The second-order valence-corrected chi connectivity index (χ2v) is 3.74. The van der Waals surface area contributed by atoms with Crippen LogP contribution in [-0.4, -0.2) is 10.9 Å². The summed E-state index contributed by atoms with van der Waals surface area (Å²) in [4.78, 5) is 15.4. The second-order valence-electron chi connectivity index (χ2n) is 3.74. The van der Waals surface area contributed by atoms with Crippen LogP contribution in [0.2, 0.25) is 0 Å². The fraction of sp³-hybridized carbons (Fsp3) is 0.333. The number of allylic oxidation sites excluding steroid dienone is 1. The largest absolute Gasteiger partial charge is 0.346 e. The van der Waals surface area contributed by atoms with Crippen molar-refractivity contribution in [1.82, 2.24) is 10.3 Å². The van der Waals surface area contributed by atoms with Gasteiger partial charge in [-0.1, -0.05) is 11.6 Å². The fourth-order valence-electron chi connectivity index (χ4n) is 1.23. The quantitative estimate of drug-likeness (QED) is 0.767. The molecule has 1 amide bonds. The number of hydrogen-bond acceptors (Lipinski definition) is 2. The van der Waals surface area contributed by atoms with Crippen molar-refractivity contribution in [1.29, 1.82) is 0 Å². The zero-order valence-corrected chi connectivity index (χ0v) is 9.32. The normalized spacial score (nSPS) is 11.7. The molecule has 0 unspecified atom stereocenters. The Balaban J connectivity index is 2.61. The molecular formula is C12H16N2O. The van der Waals surface area contributed by atoms with E-state index in [0.717, 1.165) is 11.1 Å². The van der Waals surface area contributed by atoms with Crippen LogP contribution in [0.25, 0.3) is 0 Å². The number of hydrogen-bond donors (Lipinski definition) is 1. The molecule has 0 aliphatic rings. The lowest BCUT2D eigenvalue weighted by Crippen LogP contribution is -2.24. The number of nitrogens with one attached hydrogen (secondary N) is 1. The molecule has 80 valence electrons. The minimum Gasteiger partial charge on any atom is -0.346 e. The van der Waals surface area contributed by atoms with E-state index in [1.54, 1.807) is 18.5 Å². The standard InChI is InChI=1S/C12H16N2O/c1-9(2)7-12(15)14-10(3)11-5-4-6-13-8-11/h4-8,10H,1-3H3,(H,14,15)/t10-/m0/s1. The van der Waals surface area contributed by atoms with Gasteiger partial charge in [0.05, 0.1) is 6.04 Å². The van der Waals surface area contributed by atoms with E-state index in [1.807, 2.05) is 32.9 Å². The SMILES string of the molecule is CC(C)=CC(=O)N[C@@H](C)c1cccnc1. The van der Waals surface area contributed by atoms with E-state index in [0.29, 0.717) is 0 Å². The van der Waals surface area contributed by atoms with Crippen LogP contribution in [0.5, 0.6) is 0 Å². The summed E-state index contributed by atoms with van der Waals surface area (Å²) in [5.74, 6) is -0.0636. The predicted molar refractivity (Wildman–Crippen MR) is 60.2 cm³/mol. The molecular weight excluding hydrogens is 188 g/mol. The third-order valence-corrected chi connectivity index (χ3v) is 1.96. The van der Waals surface area contributed by atoms with Crippen molar-refractivity contribution >= 4 is 5.91 Å². The monoisotopic (exact) mass is 204 g/mol. The zero-order valence-electron chi connectivity index (χ0n) is 9.32. The molecule has 0 spiro atoms. The number of amides is 1. The molecule has 1 atom stereocenters. The molecule has 0 saturated heterocycles. The predicted octanol–water partition coefficient (Wildman–Crippen LogP) is 2.22. The first-order valence-corrected chi connectivity index (χ1v) is 4.95. The molecule has 0 radical (unpaired) electrons. The van der Waals surface area contributed by atoms with E-state index in [9.17, 15) is 4.79 Å². The molecule has 1 N–H and O–H groups in total. The van der Waals surface area contributed by atoms with Gasteiger partial charge in [-0.05, 0) is 32.4 Å². The highest BCUT2D eigenvalue weighted by Gasteiger charge is 2.06. The van der Waals surface area contributed by atoms with Crippen molar-refractivity contribution in [3.63, 3.8) is 0 Å². The molecule has 0 saturated carbocycles. The number of aromatic nitrogens is 1. The second kappa shape index (κ2) is 5.29. The van der Waals surface area contributed by atoms with Crippen LogP contribution in [0.1, 0.15) is 32.4 Å². The van der Waals surface area contributed by atoms with Crippen molar-refractivity contribution in [2.45, 2.75) is 26.8 Å². The van der Waals surface area contributed by atoms with Gasteiger partial charge in [0, 0.05) is 18.5 Å². The molecule has 3 heteroatoms. The fourth-order valence-corrected chi connectivity index (χ4v) is 1.23. The van der Waals surface area contributed by atoms with E-state index in [-0.39, 0.29) is 11.9 Å². The summed E-state index contributed by atoms with van der Waals surface area (Å²) in [5.41, 5.74) is 2.00. The number of nitrogens with zero attached hydrogens (tertiary/aromatic N) is 1. The molecule has 0 fully saturated rings. The minimum atomic E-state index is -0.0636. The van der Waals surface area contributed by atoms with Gasteiger partial charge in [-0.3, -0.25) is 9.78 Å². The van der Waals surface area contributed by atoms with Crippen LogP contribution in [-0.2, 0) is 4.79 Å². The maximum atomic E-state index is 11.4. The van der Waals surface area contributed by atoms with Gasteiger partial charge in [0.1, 0.15) is 0 Å². The van der Waals surface area contributed by atoms with E-state index in [1.165, 1.54) is 0 Å². The lowest BCUT2D eigenvalue weighted by molar-refractivity contribution is -0.117. The van der Waals surface area contributed by atoms with Gasteiger partial charge in [-0.15, -0.1) is 0 Å². The Morgan fingerprint density at radius 2 is 2.27 bits per heavy atom. The van der Waals surface area contributed by atoms with Crippen LogP contribution < -0.4 is 5.32 Å². The van der Waals surface area contributed by atoms with Gasteiger partial charge in [-0.2, -0.15) is 0 Å². The third kappa shape index (κ3) is 3.94. The highest BCUT2D eigenvalue weighted by molar-refractivity contribution is 5.88. The van der Waals surface area contributed by atoms with Crippen LogP contribution >= 0.6 is 0 Å². The Kier molecular flexibility index (Phi) is 4.03. The Labute approximate surface area is 90.2 Å². The van der Waals surface area contributed by atoms with E-state index in [2.05, 4.69) is 10.3 Å². The van der Waals surface area contributed by atoms with Crippen molar-refractivity contribution in [3.05, 3.63) is 41.7 Å². The molecule has 15 heavy (non-hydrogen) atoms. The van der Waals surface area contributed by atoms with Crippen molar-refractivity contribution < 1.29 is 4.79 Å². The van der Waals surface area contributed by atoms with Crippen LogP contribution in [0.15, 0.2) is 36.2 Å². The van der Waals surface area contributed by atoms with Crippen molar-refractivity contribution in [2.75, 3.05) is 0 Å². The zero-order chi connectivity index (χ0) is 11.3.